The molecular weight excluding hydrogens is 332 g/mol. The lowest BCUT2D eigenvalue weighted by atomic mass is 10.1. The summed E-state index contributed by atoms with van der Waals surface area (Å²) in [7, 11) is 1.62. The fourth-order valence-corrected chi connectivity index (χ4v) is 3.34. The van der Waals surface area contributed by atoms with Crippen molar-refractivity contribution >= 4 is 33.2 Å². The number of methoxy groups -OCH3 is 1. The van der Waals surface area contributed by atoms with Gasteiger partial charge in [-0.05, 0) is 42.3 Å². The number of nitrogens with zero attached hydrogens (tertiary/aromatic N) is 2. The number of para-hydroxylation sites is 1. The second kappa shape index (κ2) is 7.82. The van der Waals surface area contributed by atoms with Crippen LogP contribution in [0.1, 0.15) is 23.9 Å². The summed E-state index contributed by atoms with van der Waals surface area (Å²) >= 11 is 1.52. The summed E-state index contributed by atoms with van der Waals surface area (Å²) in [4.78, 5) is 4.56. The largest absolute Gasteiger partial charge is 0.493 e. The highest BCUT2D eigenvalue weighted by molar-refractivity contribution is 7.19. The highest BCUT2D eigenvalue weighted by Crippen LogP contribution is 2.31. The van der Waals surface area contributed by atoms with E-state index in [1.807, 2.05) is 48.5 Å². The zero-order valence-corrected chi connectivity index (χ0v) is 15.0. The minimum atomic E-state index is 0.535. The minimum Gasteiger partial charge on any atom is -0.493 e. The van der Waals surface area contributed by atoms with Crippen LogP contribution in [0.4, 0.5) is 0 Å². The molecule has 0 spiro atoms. The molecule has 0 aliphatic carbocycles. The van der Waals surface area contributed by atoms with E-state index in [2.05, 4.69) is 18.0 Å². The molecule has 0 N–H and O–H groups in total. The van der Waals surface area contributed by atoms with Gasteiger partial charge in [0.05, 0.1) is 29.5 Å². The number of allylic oxidation sites excluding steroid dienone is 1. The Hall–Kier alpha value is -2.84. The Morgan fingerprint density at radius 1 is 1.24 bits per heavy atom. The van der Waals surface area contributed by atoms with E-state index in [9.17, 15) is 5.26 Å². The molecule has 5 heteroatoms. The first-order chi connectivity index (χ1) is 12.2. The molecule has 0 fully saturated rings. The van der Waals surface area contributed by atoms with E-state index in [-0.39, 0.29) is 0 Å². The maximum absolute atomic E-state index is 9.57. The molecule has 1 aromatic heterocycles. The van der Waals surface area contributed by atoms with Crippen molar-refractivity contribution in [2.24, 2.45) is 0 Å². The van der Waals surface area contributed by atoms with E-state index >= 15 is 0 Å². The number of rotatable bonds is 6. The van der Waals surface area contributed by atoms with Gasteiger partial charge in [0.1, 0.15) is 11.1 Å². The summed E-state index contributed by atoms with van der Waals surface area (Å²) in [5, 5.41) is 10.3. The van der Waals surface area contributed by atoms with Crippen LogP contribution in [0.5, 0.6) is 11.5 Å². The number of hydrogen-bond acceptors (Lipinski definition) is 5. The van der Waals surface area contributed by atoms with E-state index in [1.54, 1.807) is 7.11 Å². The zero-order chi connectivity index (χ0) is 17.6. The summed E-state index contributed by atoms with van der Waals surface area (Å²) in [5.41, 5.74) is 2.32. The Kier molecular flexibility index (Phi) is 5.32. The average Bonchev–Trinajstić information content (AvgIpc) is 3.08. The van der Waals surface area contributed by atoms with Crippen LogP contribution in [0.25, 0.3) is 21.9 Å². The summed E-state index contributed by atoms with van der Waals surface area (Å²) in [5.74, 6) is 1.36. The zero-order valence-electron chi connectivity index (χ0n) is 14.2. The first kappa shape index (κ1) is 17.0. The first-order valence-electron chi connectivity index (χ1n) is 8.03. The Balaban J connectivity index is 1.97. The molecule has 0 bridgehead atoms. The van der Waals surface area contributed by atoms with Crippen LogP contribution in [0.3, 0.4) is 0 Å². The molecule has 0 radical (unpaired) electrons. The van der Waals surface area contributed by atoms with Crippen LogP contribution in [0, 0.1) is 11.3 Å². The van der Waals surface area contributed by atoms with Crippen molar-refractivity contribution in [1.29, 1.82) is 5.26 Å². The van der Waals surface area contributed by atoms with Gasteiger partial charge in [-0.2, -0.15) is 5.26 Å². The quantitative estimate of drug-likeness (QED) is 0.576. The monoisotopic (exact) mass is 350 g/mol. The summed E-state index contributed by atoms with van der Waals surface area (Å²) in [6.07, 6.45) is 2.74. The summed E-state index contributed by atoms with van der Waals surface area (Å²) in [6.45, 7) is 2.67. The SMILES string of the molecule is CCCOc1cc(/C=C(/C#N)c2nc3ccccc3s2)ccc1OC. The summed E-state index contributed by atoms with van der Waals surface area (Å²) in [6, 6.07) is 15.8. The molecule has 4 nitrogen and oxygen atoms in total. The number of aromatic nitrogens is 1. The molecule has 3 aromatic rings. The van der Waals surface area contributed by atoms with Crippen molar-refractivity contribution < 1.29 is 9.47 Å². The van der Waals surface area contributed by atoms with Gasteiger partial charge in [-0.15, -0.1) is 11.3 Å². The lowest BCUT2D eigenvalue weighted by Gasteiger charge is -2.10. The van der Waals surface area contributed by atoms with Crippen LogP contribution in [0.2, 0.25) is 0 Å². The lowest BCUT2D eigenvalue weighted by Crippen LogP contribution is -1.98. The topological polar surface area (TPSA) is 55.1 Å². The Labute approximate surface area is 151 Å². The normalized spacial score (nSPS) is 11.3. The van der Waals surface area contributed by atoms with Gasteiger partial charge in [0.15, 0.2) is 11.5 Å². The predicted molar refractivity (Wildman–Crippen MR) is 102 cm³/mol. The van der Waals surface area contributed by atoms with Gasteiger partial charge in [0.25, 0.3) is 0 Å². The molecule has 3 rings (SSSR count). The van der Waals surface area contributed by atoms with Crippen molar-refractivity contribution in [2.45, 2.75) is 13.3 Å². The molecular formula is C20H18N2O2S. The molecule has 0 saturated heterocycles. The van der Waals surface area contributed by atoms with Crippen LogP contribution in [0.15, 0.2) is 42.5 Å². The molecule has 25 heavy (non-hydrogen) atoms. The molecule has 0 unspecified atom stereocenters. The van der Waals surface area contributed by atoms with Crippen LogP contribution in [-0.2, 0) is 0 Å². The van der Waals surface area contributed by atoms with E-state index in [1.165, 1.54) is 11.3 Å². The van der Waals surface area contributed by atoms with Crippen LogP contribution in [-0.4, -0.2) is 18.7 Å². The number of benzene rings is 2. The molecule has 0 aliphatic rings. The molecule has 1 heterocycles. The molecule has 0 saturated carbocycles. The van der Waals surface area contributed by atoms with Crippen molar-refractivity contribution in [3.05, 3.63) is 53.0 Å². The van der Waals surface area contributed by atoms with Gasteiger partial charge in [-0.1, -0.05) is 25.1 Å². The van der Waals surface area contributed by atoms with Gasteiger partial charge in [-0.3, -0.25) is 0 Å². The molecule has 2 aromatic carbocycles. The molecule has 0 atom stereocenters. The molecule has 126 valence electrons. The number of fused-ring (bicyclic) bond motifs is 1. The number of hydrogen-bond donors (Lipinski definition) is 0. The smallest absolute Gasteiger partial charge is 0.161 e. The fourth-order valence-electron chi connectivity index (χ4n) is 2.40. The van der Waals surface area contributed by atoms with E-state index in [4.69, 9.17) is 9.47 Å². The predicted octanol–water partition coefficient (Wildman–Crippen LogP) is 5.16. The van der Waals surface area contributed by atoms with Crippen molar-refractivity contribution in [2.75, 3.05) is 13.7 Å². The van der Waals surface area contributed by atoms with Crippen molar-refractivity contribution in [3.8, 4) is 17.6 Å². The summed E-state index contributed by atoms with van der Waals surface area (Å²) < 4.78 is 12.1. The number of thiazole rings is 1. The van der Waals surface area contributed by atoms with Gasteiger partial charge in [-0.25, -0.2) is 4.98 Å². The number of nitriles is 1. The molecule has 0 amide bonds. The third-order valence-corrected chi connectivity index (χ3v) is 4.67. The average molecular weight is 350 g/mol. The second-order valence-electron chi connectivity index (χ2n) is 5.42. The van der Waals surface area contributed by atoms with E-state index < -0.39 is 0 Å². The van der Waals surface area contributed by atoms with Gasteiger partial charge in [0.2, 0.25) is 0 Å². The Morgan fingerprint density at radius 2 is 2.08 bits per heavy atom. The van der Waals surface area contributed by atoms with E-state index in [0.29, 0.717) is 23.7 Å². The standard InChI is InChI=1S/C20H18N2O2S/c1-3-10-24-18-12-14(8-9-17(18)23-2)11-15(13-21)20-22-16-6-4-5-7-19(16)25-20/h4-9,11-12H,3,10H2,1-2H3/b15-11-. The van der Waals surface area contributed by atoms with Crippen molar-refractivity contribution in [1.82, 2.24) is 4.98 Å². The first-order valence-corrected chi connectivity index (χ1v) is 8.85. The maximum atomic E-state index is 9.57. The Bertz CT molecular complexity index is 921. The van der Waals surface area contributed by atoms with Crippen LogP contribution < -0.4 is 9.47 Å². The second-order valence-corrected chi connectivity index (χ2v) is 6.45. The Morgan fingerprint density at radius 3 is 2.80 bits per heavy atom. The van der Waals surface area contributed by atoms with Gasteiger partial charge >= 0.3 is 0 Å². The van der Waals surface area contributed by atoms with Gasteiger partial charge < -0.3 is 9.47 Å². The van der Waals surface area contributed by atoms with Gasteiger partial charge in [0, 0.05) is 0 Å². The van der Waals surface area contributed by atoms with Crippen LogP contribution >= 0.6 is 11.3 Å². The third kappa shape index (κ3) is 3.81. The minimum absolute atomic E-state index is 0.535. The van der Waals surface area contributed by atoms with Crippen molar-refractivity contribution in [3.63, 3.8) is 0 Å². The van der Waals surface area contributed by atoms with E-state index in [0.717, 1.165) is 27.2 Å². The number of ether oxygens (including phenoxy) is 2. The third-order valence-electron chi connectivity index (χ3n) is 3.61. The molecule has 0 aliphatic heterocycles. The fraction of sp³-hybridized carbons (Fsp3) is 0.200. The highest BCUT2D eigenvalue weighted by atomic mass is 32.1. The maximum Gasteiger partial charge on any atom is 0.161 e. The highest BCUT2D eigenvalue weighted by Gasteiger charge is 2.10. The lowest BCUT2D eigenvalue weighted by molar-refractivity contribution is 0.294.